The van der Waals surface area contributed by atoms with E-state index < -0.39 is 6.04 Å². The Balaban J connectivity index is 2.08. The Morgan fingerprint density at radius 3 is 2.76 bits per heavy atom. The number of hydrogen-bond donors (Lipinski definition) is 3. The van der Waals surface area contributed by atoms with Gasteiger partial charge in [-0.3, -0.25) is 4.79 Å². The monoisotopic (exact) mass is 345 g/mol. The van der Waals surface area contributed by atoms with Crippen LogP contribution in [-0.4, -0.2) is 53.2 Å². The van der Waals surface area contributed by atoms with Gasteiger partial charge in [0.25, 0.3) is 0 Å². The van der Waals surface area contributed by atoms with Gasteiger partial charge in [-0.25, -0.2) is 4.39 Å². The molecular formula is C19H24FN3O2. The third-order valence-corrected chi connectivity index (χ3v) is 4.88. The van der Waals surface area contributed by atoms with Crippen molar-refractivity contribution in [3.63, 3.8) is 0 Å². The van der Waals surface area contributed by atoms with Gasteiger partial charge in [-0.15, -0.1) is 0 Å². The molecule has 0 fully saturated rings. The summed E-state index contributed by atoms with van der Waals surface area (Å²) < 4.78 is 14.6. The minimum Gasteiger partial charge on any atom is -0.394 e. The van der Waals surface area contributed by atoms with Crippen molar-refractivity contribution >= 4 is 22.4 Å². The Bertz CT molecular complexity index is 795. The van der Waals surface area contributed by atoms with Crippen molar-refractivity contribution in [3.8, 4) is 0 Å². The molecule has 1 aromatic heterocycles. The summed E-state index contributed by atoms with van der Waals surface area (Å²) in [6, 6.07) is 4.62. The van der Waals surface area contributed by atoms with Crippen molar-refractivity contribution in [2.24, 2.45) is 5.92 Å². The summed E-state index contributed by atoms with van der Waals surface area (Å²) in [5.74, 6) is -0.717. The first kappa shape index (κ1) is 17.6. The summed E-state index contributed by atoms with van der Waals surface area (Å²) in [5.41, 5.74) is 1.73. The predicted molar refractivity (Wildman–Crippen MR) is 96.5 cm³/mol. The molecule has 6 heteroatoms. The number of amides is 1. The number of rotatable bonds is 5. The highest BCUT2D eigenvalue weighted by molar-refractivity contribution is 5.94. The second kappa shape index (κ2) is 7.37. The summed E-state index contributed by atoms with van der Waals surface area (Å²) >= 11 is 0. The lowest BCUT2D eigenvalue weighted by atomic mass is 9.88. The number of aromatic nitrogens is 1. The maximum atomic E-state index is 14.6. The molecule has 2 aromatic rings. The molecule has 0 radical (unpaired) electrons. The van der Waals surface area contributed by atoms with E-state index in [0.717, 1.165) is 5.39 Å². The van der Waals surface area contributed by atoms with Gasteiger partial charge in [0, 0.05) is 36.8 Å². The second-order valence-electron chi connectivity index (χ2n) is 6.25. The zero-order chi connectivity index (χ0) is 18.0. The van der Waals surface area contributed by atoms with E-state index in [2.05, 4.69) is 10.3 Å². The van der Waals surface area contributed by atoms with Gasteiger partial charge in [0.2, 0.25) is 5.91 Å². The molecule has 2 heterocycles. The highest BCUT2D eigenvalue weighted by atomic mass is 19.1. The average Bonchev–Trinajstić information content (AvgIpc) is 3.10. The van der Waals surface area contributed by atoms with E-state index in [0.29, 0.717) is 36.3 Å². The Morgan fingerprint density at radius 1 is 1.32 bits per heavy atom. The molecule has 0 aliphatic carbocycles. The van der Waals surface area contributed by atoms with Crippen LogP contribution in [0.25, 0.3) is 16.5 Å². The van der Waals surface area contributed by atoms with E-state index in [1.807, 2.05) is 26.0 Å². The largest absolute Gasteiger partial charge is 0.394 e. The Hall–Kier alpha value is -2.18. The van der Waals surface area contributed by atoms with E-state index in [1.54, 1.807) is 17.2 Å². The van der Waals surface area contributed by atoms with Crippen molar-refractivity contribution in [1.29, 1.82) is 0 Å². The number of carbonyl (C=O) groups excluding carboxylic acids is 1. The van der Waals surface area contributed by atoms with Gasteiger partial charge in [-0.1, -0.05) is 6.08 Å². The van der Waals surface area contributed by atoms with Crippen LogP contribution < -0.4 is 5.32 Å². The number of aliphatic hydroxyl groups excluding tert-OH is 1. The third kappa shape index (κ3) is 3.19. The second-order valence-corrected chi connectivity index (χ2v) is 6.25. The van der Waals surface area contributed by atoms with Crippen LogP contribution in [0.3, 0.4) is 0 Å². The molecule has 1 aliphatic heterocycles. The fourth-order valence-electron chi connectivity index (χ4n) is 3.50. The quantitative estimate of drug-likeness (QED) is 0.778. The molecule has 134 valence electrons. The molecule has 3 rings (SSSR count). The number of nitrogens with one attached hydrogen (secondary N) is 2. The number of aliphatic hydroxyl groups is 1. The lowest BCUT2D eigenvalue weighted by molar-refractivity contribution is -0.133. The summed E-state index contributed by atoms with van der Waals surface area (Å²) in [4.78, 5) is 17.6. The van der Waals surface area contributed by atoms with E-state index in [4.69, 9.17) is 0 Å². The summed E-state index contributed by atoms with van der Waals surface area (Å²) in [6.45, 7) is 5.44. The number of nitrogens with zero attached hydrogens (tertiary/aromatic N) is 1. The zero-order valence-electron chi connectivity index (χ0n) is 14.6. The third-order valence-electron chi connectivity index (χ3n) is 4.88. The molecule has 0 spiro atoms. The van der Waals surface area contributed by atoms with Gasteiger partial charge in [-0.05, 0) is 37.6 Å². The molecule has 1 aliphatic rings. The predicted octanol–water partition coefficient (Wildman–Crippen LogP) is 2.14. The van der Waals surface area contributed by atoms with E-state index in [1.165, 1.54) is 6.07 Å². The number of hydrogen-bond acceptors (Lipinski definition) is 3. The number of fused-ring (bicyclic) bond motifs is 1. The summed E-state index contributed by atoms with van der Waals surface area (Å²) in [6.07, 6.45) is 3.58. The maximum absolute atomic E-state index is 14.6. The Kier molecular flexibility index (Phi) is 5.20. The molecule has 1 aromatic carbocycles. The highest BCUT2D eigenvalue weighted by Crippen LogP contribution is 2.32. The van der Waals surface area contributed by atoms with Gasteiger partial charge in [0.1, 0.15) is 5.82 Å². The SMILES string of the molecule is CCN(CC)C(=O)C1C=C(c2c(F)ccc3cc[nH]c23)C(CO)NC1. The van der Waals surface area contributed by atoms with Crippen molar-refractivity contribution in [2.75, 3.05) is 26.2 Å². The van der Waals surface area contributed by atoms with Crippen LogP contribution in [0.15, 0.2) is 30.5 Å². The van der Waals surface area contributed by atoms with Crippen LogP contribution in [0.5, 0.6) is 0 Å². The fraction of sp³-hybridized carbons (Fsp3) is 0.421. The molecule has 25 heavy (non-hydrogen) atoms. The smallest absolute Gasteiger partial charge is 0.230 e. The Labute approximate surface area is 146 Å². The van der Waals surface area contributed by atoms with Gasteiger partial charge in [-0.2, -0.15) is 0 Å². The van der Waals surface area contributed by atoms with Crippen LogP contribution >= 0.6 is 0 Å². The van der Waals surface area contributed by atoms with Gasteiger partial charge < -0.3 is 20.3 Å². The summed E-state index contributed by atoms with van der Waals surface area (Å²) in [7, 11) is 0. The normalized spacial score (nSPS) is 20.6. The number of halogens is 1. The van der Waals surface area contributed by atoms with Crippen LogP contribution in [0.2, 0.25) is 0 Å². The van der Waals surface area contributed by atoms with Crippen molar-refractivity contribution in [1.82, 2.24) is 15.2 Å². The van der Waals surface area contributed by atoms with Crippen molar-refractivity contribution in [3.05, 3.63) is 41.9 Å². The molecule has 0 bridgehead atoms. The molecule has 0 saturated carbocycles. The fourth-order valence-corrected chi connectivity index (χ4v) is 3.50. The van der Waals surface area contributed by atoms with E-state index in [-0.39, 0.29) is 24.2 Å². The summed E-state index contributed by atoms with van der Waals surface area (Å²) in [5, 5.41) is 13.8. The molecule has 2 unspecified atom stereocenters. The first-order valence-corrected chi connectivity index (χ1v) is 8.71. The molecule has 0 saturated heterocycles. The minimum absolute atomic E-state index is 0.0189. The highest BCUT2D eigenvalue weighted by Gasteiger charge is 2.30. The van der Waals surface area contributed by atoms with Crippen molar-refractivity contribution in [2.45, 2.75) is 19.9 Å². The lowest BCUT2D eigenvalue weighted by Gasteiger charge is -2.31. The van der Waals surface area contributed by atoms with E-state index >= 15 is 0 Å². The molecule has 3 N–H and O–H groups in total. The number of aromatic amines is 1. The molecule has 5 nitrogen and oxygen atoms in total. The molecule has 1 amide bonds. The zero-order valence-corrected chi connectivity index (χ0v) is 14.6. The van der Waals surface area contributed by atoms with Gasteiger partial charge >= 0.3 is 0 Å². The van der Waals surface area contributed by atoms with Crippen LogP contribution in [0.4, 0.5) is 4.39 Å². The minimum atomic E-state index is -0.399. The van der Waals surface area contributed by atoms with E-state index in [9.17, 15) is 14.3 Å². The lowest BCUT2D eigenvalue weighted by Crippen LogP contribution is -2.46. The van der Waals surface area contributed by atoms with Crippen LogP contribution in [0, 0.1) is 11.7 Å². The maximum Gasteiger partial charge on any atom is 0.230 e. The van der Waals surface area contributed by atoms with Gasteiger partial charge in [0.05, 0.1) is 24.1 Å². The standard InChI is InChI=1S/C19H24FN3O2/c1-3-23(4-2)19(25)13-9-14(16(11-24)22-10-13)17-15(20)6-5-12-7-8-21-18(12)17/h5-9,13,16,21-22,24H,3-4,10-11H2,1-2H3. The first-order chi connectivity index (χ1) is 12.1. The number of benzene rings is 1. The van der Waals surface area contributed by atoms with Crippen LogP contribution in [-0.2, 0) is 4.79 Å². The van der Waals surface area contributed by atoms with Crippen LogP contribution in [0.1, 0.15) is 19.4 Å². The average molecular weight is 345 g/mol. The topological polar surface area (TPSA) is 68.4 Å². The number of H-pyrrole nitrogens is 1. The van der Waals surface area contributed by atoms with Gasteiger partial charge in [0.15, 0.2) is 0 Å². The Morgan fingerprint density at radius 2 is 2.08 bits per heavy atom. The molecular weight excluding hydrogens is 321 g/mol. The number of carbonyl (C=O) groups is 1. The first-order valence-electron chi connectivity index (χ1n) is 8.71. The van der Waals surface area contributed by atoms with Crippen molar-refractivity contribution < 1.29 is 14.3 Å². The molecule has 2 atom stereocenters.